The van der Waals surface area contributed by atoms with Gasteiger partial charge in [0.25, 0.3) is 0 Å². The minimum absolute atomic E-state index is 0.0140. The average Bonchev–Trinajstić information content (AvgIpc) is 3.05. The van der Waals surface area contributed by atoms with Crippen LogP contribution in [0.1, 0.15) is 32.3 Å². The van der Waals surface area contributed by atoms with E-state index in [0.717, 1.165) is 25.0 Å². The third-order valence-electron chi connectivity index (χ3n) is 4.10. The van der Waals surface area contributed by atoms with Gasteiger partial charge in [0.1, 0.15) is 5.41 Å². The van der Waals surface area contributed by atoms with Crippen molar-refractivity contribution in [1.29, 1.82) is 0 Å². The van der Waals surface area contributed by atoms with Crippen LogP contribution in [0.5, 0.6) is 0 Å². The van der Waals surface area contributed by atoms with E-state index < -0.39 is 29.0 Å². The van der Waals surface area contributed by atoms with Crippen molar-refractivity contribution >= 4 is 17.5 Å². The second-order valence-corrected chi connectivity index (χ2v) is 6.50. The van der Waals surface area contributed by atoms with Crippen LogP contribution in [-0.2, 0) is 20.5 Å². The lowest BCUT2D eigenvalue weighted by Gasteiger charge is -2.24. The largest absolute Gasteiger partial charge is 0.416 e. The Morgan fingerprint density at radius 1 is 1.24 bits per heavy atom. The van der Waals surface area contributed by atoms with Crippen LogP contribution in [0.25, 0.3) is 0 Å². The average molecular weight is 358 g/mol. The molecule has 1 fully saturated rings. The van der Waals surface area contributed by atoms with E-state index in [1.807, 2.05) is 0 Å². The second-order valence-electron chi connectivity index (χ2n) is 6.50. The summed E-state index contributed by atoms with van der Waals surface area (Å²) < 4.78 is 43.6. The van der Waals surface area contributed by atoms with E-state index >= 15 is 0 Å². The standard InChI is InChI=1S/C17H21F3N2O3/c1-16(2,14(23)21-10-13-7-4-8-25-13)15(24)22-12-6-3-5-11(9-12)17(18,19)20/h3,5-6,9,13H,4,7-8,10H2,1-2H3,(H,21,23)(H,22,24). The predicted octanol–water partition coefficient (Wildman–Crippen LogP) is 2.97. The molecule has 1 aromatic rings. The Labute approximate surface area is 143 Å². The number of benzene rings is 1. The molecule has 1 aromatic carbocycles. The molecular formula is C17H21F3N2O3. The predicted molar refractivity (Wildman–Crippen MR) is 85.8 cm³/mol. The molecule has 8 heteroatoms. The number of carbonyl (C=O) groups is 2. The summed E-state index contributed by atoms with van der Waals surface area (Å²) in [7, 11) is 0. The molecule has 1 atom stereocenters. The Hall–Kier alpha value is -2.09. The Morgan fingerprint density at radius 2 is 1.96 bits per heavy atom. The first kappa shape index (κ1) is 19.2. The number of amides is 2. The van der Waals surface area contributed by atoms with Crippen LogP contribution in [0, 0.1) is 5.41 Å². The first-order valence-electron chi connectivity index (χ1n) is 7.99. The van der Waals surface area contributed by atoms with Crippen molar-refractivity contribution in [2.45, 2.75) is 39.0 Å². The molecule has 138 valence electrons. The van der Waals surface area contributed by atoms with Gasteiger partial charge in [-0.1, -0.05) is 6.07 Å². The van der Waals surface area contributed by atoms with Gasteiger partial charge in [-0.25, -0.2) is 0 Å². The molecule has 1 aliphatic heterocycles. The SMILES string of the molecule is CC(C)(C(=O)NCC1CCCO1)C(=O)Nc1cccc(C(F)(F)F)c1. The summed E-state index contributed by atoms with van der Waals surface area (Å²) >= 11 is 0. The number of anilines is 1. The zero-order valence-electron chi connectivity index (χ0n) is 14.1. The van der Waals surface area contributed by atoms with Gasteiger partial charge in [0.2, 0.25) is 11.8 Å². The quantitative estimate of drug-likeness (QED) is 0.796. The number of rotatable bonds is 5. The summed E-state index contributed by atoms with van der Waals surface area (Å²) in [6, 6.07) is 4.28. The lowest BCUT2D eigenvalue weighted by molar-refractivity contribution is -0.139. The molecule has 1 saturated heterocycles. The van der Waals surface area contributed by atoms with E-state index in [4.69, 9.17) is 4.74 Å². The van der Waals surface area contributed by atoms with Crippen molar-refractivity contribution in [2.24, 2.45) is 5.41 Å². The topological polar surface area (TPSA) is 67.4 Å². The first-order valence-corrected chi connectivity index (χ1v) is 7.99. The van der Waals surface area contributed by atoms with Crippen LogP contribution in [0.15, 0.2) is 24.3 Å². The number of hydrogen-bond donors (Lipinski definition) is 2. The normalized spacial score (nSPS) is 18.0. The molecule has 0 aliphatic carbocycles. The Kier molecular flexibility index (Phi) is 5.72. The fourth-order valence-corrected chi connectivity index (χ4v) is 2.40. The van der Waals surface area contributed by atoms with Gasteiger partial charge >= 0.3 is 6.18 Å². The maximum Gasteiger partial charge on any atom is 0.416 e. The van der Waals surface area contributed by atoms with E-state index in [0.29, 0.717) is 13.2 Å². The summed E-state index contributed by atoms with van der Waals surface area (Å²) in [6.45, 7) is 3.79. The van der Waals surface area contributed by atoms with E-state index in [-0.39, 0.29) is 11.8 Å². The lowest BCUT2D eigenvalue weighted by Crippen LogP contribution is -2.47. The molecule has 5 nitrogen and oxygen atoms in total. The van der Waals surface area contributed by atoms with Gasteiger partial charge in [0, 0.05) is 18.8 Å². The van der Waals surface area contributed by atoms with Gasteiger partial charge in [-0.05, 0) is 44.9 Å². The number of hydrogen-bond acceptors (Lipinski definition) is 3. The smallest absolute Gasteiger partial charge is 0.376 e. The summed E-state index contributed by atoms with van der Waals surface area (Å²) in [6.07, 6.45) is -2.79. The minimum atomic E-state index is -4.51. The van der Waals surface area contributed by atoms with Crippen LogP contribution >= 0.6 is 0 Å². The Bertz CT molecular complexity index is 638. The molecule has 0 aromatic heterocycles. The minimum Gasteiger partial charge on any atom is -0.376 e. The molecular weight excluding hydrogens is 337 g/mol. The highest BCUT2D eigenvalue weighted by Crippen LogP contribution is 2.31. The monoisotopic (exact) mass is 358 g/mol. The fourth-order valence-electron chi connectivity index (χ4n) is 2.40. The van der Waals surface area contributed by atoms with E-state index in [9.17, 15) is 22.8 Å². The molecule has 1 aliphatic rings. The van der Waals surface area contributed by atoms with E-state index in [1.165, 1.54) is 26.0 Å². The zero-order valence-corrected chi connectivity index (χ0v) is 14.1. The highest BCUT2D eigenvalue weighted by Gasteiger charge is 2.37. The van der Waals surface area contributed by atoms with Gasteiger partial charge in [-0.3, -0.25) is 9.59 Å². The molecule has 1 unspecified atom stereocenters. The van der Waals surface area contributed by atoms with Crippen molar-refractivity contribution in [3.05, 3.63) is 29.8 Å². The van der Waals surface area contributed by atoms with Crippen LogP contribution in [-0.4, -0.2) is 31.1 Å². The van der Waals surface area contributed by atoms with Gasteiger partial charge in [0.15, 0.2) is 0 Å². The Morgan fingerprint density at radius 3 is 2.56 bits per heavy atom. The molecule has 0 saturated carbocycles. The lowest BCUT2D eigenvalue weighted by atomic mass is 9.90. The number of nitrogens with one attached hydrogen (secondary N) is 2. The van der Waals surface area contributed by atoms with Crippen molar-refractivity contribution in [3.8, 4) is 0 Å². The number of carbonyl (C=O) groups excluding carboxylic acids is 2. The first-order chi connectivity index (χ1) is 11.6. The summed E-state index contributed by atoms with van der Waals surface area (Å²) in [5.41, 5.74) is -2.32. The molecule has 2 N–H and O–H groups in total. The summed E-state index contributed by atoms with van der Waals surface area (Å²) in [4.78, 5) is 24.6. The van der Waals surface area contributed by atoms with Crippen molar-refractivity contribution in [2.75, 3.05) is 18.5 Å². The van der Waals surface area contributed by atoms with Crippen molar-refractivity contribution in [1.82, 2.24) is 5.32 Å². The van der Waals surface area contributed by atoms with Gasteiger partial charge in [-0.2, -0.15) is 13.2 Å². The number of halogens is 3. The van der Waals surface area contributed by atoms with E-state index in [2.05, 4.69) is 10.6 Å². The van der Waals surface area contributed by atoms with E-state index in [1.54, 1.807) is 0 Å². The zero-order chi connectivity index (χ0) is 18.7. The van der Waals surface area contributed by atoms with Gasteiger partial charge in [-0.15, -0.1) is 0 Å². The molecule has 0 radical (unpaired) electrons. The molecule has 2 amide bonds. The fraction of sp³-hybridized carbons (Fsp3) is 0.529. The summed E-state index contributed by atoms with van der Waals surface area (Å²) in [5, 5.41) is 5.03. The highest BCUT2D eigenvalue weighted by molar-refractivity contribution is 6.09. The van der Waals surface area contributed by atoms with Crippen LogP contribution in [0.4, 0.5) is 18.9 Å². The van der Waals surface area contributed by atoms with Crippen LogP contribution in [0.3, 0.4) is 0 Å². The number of ether oxygens (including phenoxy) is 1. The van der Waals surface area contributed by atoms with Gasteiger partial charge < -0.3 is 15.4 Å². The number of alkyl halides is 3. The highest BCUT2D eigenvalue weighted by atomic mass is 19.4. The molecule has 0 spiro atoms. The maximum atomic E-state index is 12.7. The van der Waals surface area contributed by atoms with Crippen molar-refractivity contribution < 1.29 is 27.5 Å². The third kappa shape index (κ3) is 4.94. The second kappa shape index (κ2) is 7.43. The summed E-state index contributed by atoms with van der Waals surface area (Å²) in [5.74, 6) is -1.19. The Balaban J connectivity index is 1.99. The third-order valence-corrected chi connectivity index (χ3v) is 4.10. The van der Waals surface area contributed by atoms with Crippen LogP contribution < -0.4 is 10.6 Å². The molecule has 25 heavy (non-hydrogen) atoms. The maximum absolute atomic E-state index is 12.7. The van der Waals surface area contributed by atoms with Crippen LogP contribution in [0.2, 0.25) is 0 Å². The molecule has 2 rings (SSSR count). The molecule has 0 bridgehead atoms. The molecule has 1 heterocycles. The van der Waals surface area contributed by atoms with Gasteiger partial charge in [0.05, 0.1) is 11.7 Å². The van der Waals surface area contributed by atoms with Crippen molar-refractivity contribution in [3.63, 3.8) is 0 Å².